The summed E-state index contributed by atoms with van der Waals surface area (Å²) in [5, 5.41) is 15.8. The molecule has 1 aliphatic carbocycles. The average Bonchev–Trinajstić information content (AvgIpc) is 3.45. The Morgan fingerprint density at radius 3 is 2.83 bits per heavy atom. The first-order valence-electron chi connectivity index (χ1n) is 10.8. The third-order valence-corrected chi connectivity index (χ3v) is 7.13. The van der Waals surface area contributed by atoms with E-state index in [-0.39, 0.29) is 5.78 Å². The molecule has 2 aliphatic rings. The summed E-state index contributed by atoms with van der Waals surface area (Å²) in [6.45, 7) is 4.78. The Kier molecular flexibility index (Phi) is 5.63. The van der Waals surface area contributed by atoms with Crippen LogP contribution in [0.15, 0.2) is 36.4 Å². The lowest BCUT2D eigenvalue weighted by Crippen LogP contribution is -2.29. The van der Waals surface area contributed by atoms with Crippen LogP contribution < -0.4 is 5.32 Å². The molecule has 2 aromatic carbocycles. The number of rotatable bonds is 7. The Morgan fingerprint density at radius 1 is 1.20 bits per heavy atom. The van der Waals surface area contributed by atoms with Crippen molar-refractivity contribution in [2.45, 2.75) is 44.6 Å². The van der Waals surface area contributed by atoms with E-state index < -0.39 is 0 Å². The highest BCUT2D eigenvalue weighted by molar-refractivity contribution is 7.11. The fourth-order valence-corrected chi connectivity index (χ4v) is 5.19. The molecule has 3 aromatic rings. The first-order chi connectivity index (χ1) is 14.7. The Bertz CT molecular complexity index is 1060. The predicted octanol–water partition coefficient (Wildman–Crippen LogP) is 4.30. The van der Waals surface area contributed by atoms with E-state index in [1.54, 1.807) is 0 Å². The summed E-state index contributed by atoms with van der Waals surface area (Å²) in [5.74, 6) is 1.34. The van der Waals surface area contributed by atoms with Crippen molar-refractivity contribution in [2.24, 2.45) is 5.92 Å². The van der Waals surface area contributed by atoms with Gasteiger partial charge in [-0.3, -0.25) is 4.79 Å². The topological polar surface area (TPSA) is 64.1 Å². The highest BCUT2D eigenvalue weighted by atomic mass is 32.1. The minimum Gasteiger partial charge on any atom is -0.381 e. The van der Waals surface area contributed by atoms with Gasteiger partial charge < -0.3 is 10.1 Å². The van der Waals surface area contributed by atoms with Crippen molar-refractivity contribution < 1.29 is 9.53 Å². The van der Waals surface area contributed by atoms with Crippen LogP contribution in [-0.4, -0.2) is 41.8 Å². The molecular formula is C24H27N3O2S. The Hall–Kier alpha value is -2.15. The van der Waals surface area contributed by atoms with E-state index >= 15 is 0 Å². The van der Waals surface area contributed by atoms with Crippen molar-refractivity contribution in [2.75, 3.05) is 19.8 Å². The van der Waals surface area contributed by atoms with Gasteiger partial charge in [0.15, 0.2) is 5.78 Å². The zero-order valence-corrected chi connectivity index (χ0v) is 18.1. The molecule has 0 bridgehead atoms. The molecule has 1 aliphatic heterocycles. The molecule has 0 spiro atoms. The number of ketones is 1. The third-order valence-electron chi connectivity index (χ3n) is 6.29. The highest BCUT2D eigenvalue weighted by Crippen LogP contribution is 2.42. The standard InChI is InChI=1S/C24H27N3O2S/c1-15-26-27-24(30-15)13-23(28)21-11-18(10-17-4-2-3-5-19(17)21)20-12-22(20)25-14-16-6-8-29-9-7-16/h2-5,10-11,16,20,22,25H,6-9,12-14H2,1H3. The molecule has 1 saturated heterocycles. The summed E-state index contributed by atoms with van der Waals surface area (Å²) >= 11 is 1.50. The number of carbonyl (C=O) groups excluding carboxylic acids is 1. The van der Waals surface area contributed by atoms with E-state index in [2.05, 4.69) is 33.7 Å². The van der Waals surface area contributed by atoms with Crippen LogP contribution in [0.25, 0.3) is 10.8 Å². The number of aryl methyl sites for hydroxylation is 1. The summed E-state index contributed by atoms with van der Waals surface area (Å²) in [6.07, 6.45) is 3.77. The fraction of sp³-hybridized carbons (Fsp3) is 0.458. The number of Topliss-reactive ketones (excluding diaryl/α,β-unsaturated/α-hetero) is 1. The van der Waals surface area contributed by atoms with Gasteiger partial charge >= 0.3 is 0 Å². The number of fused-ring (bicyclic) bond motifs is 1. The van der Waals surface area contributed by atoms with Gasteiger partial charge in [0, 0.05) is 30.7 Å². The van der Waals surface area contributed by atoms with Gasteiger partial charge in [-0.1, -0.05) is 30.3 Å². The first-order valence-corrected chi connectivity index (χ1v) is 11.6. The van der Waals surface area contributed by atoms with Gasteiger partial charge in [-0.2, -0.15) is 0 Å². The summed E-state index contributed by atoms with van der Waals surface area (Å²) < 4.78 is 5.47. The van der Waals surface area contributed by atoms with Crippen LogP contribution in [0.4, 0.5) is 0 Å². The van der Waals surface area contributed by atoms with Gasteiger partial charge in [-0.05, 0) is 61.1 Å². The number of hydrogen-bond donors (Lipinski definition) is 1. The van der Waals surface area contributed by atoms with Gasteiger partial charge in [0.25, 0.3) is 0 Å². The summed E-state index contributed by atoms with van der Waals surface area (Å²) in [4.78, 5) is 13.2. The molecule has 2 atom stereocenters. The number of carbonyl (C=O) groups is 1. The molecule has 2 fully saturated rings. The van der Waals surface area contributed by atoms with Crippen molar-refractivity contribution >= 4 is 27.9 Å². The summed E-state index contributed by atoms with van der Waals surface area (Å²) in [5.41, 5.74) is 2.08. The van der Waals surface area contributed by atoms with E-state index in [1.165, 1.54) is 16.9 Å². The van der Waals surface area contributed by atoms with Crippen molar-refractivity contribution in [1.82, 2.24) is 15.5 Å². The van der Waals surface area contributed by atoms with Crippen molar-refractivity contribution in [3.8, 4) is 0 Å². The fourth-order valence-electron chi connectivity index (χ4n) is 4.48. The molecule has 0 amide bonds. The lowest BCUT2D eigenvalue weighted by molar-refractivity contribution is 0.0662. The third kappa shape index (κ3) is 4.31. The minimum atomic E-state index is 0.122. The molecule has 1 N–H and O–H groups in total. The quantitative estimate of drug-likeness (QED) is 0.577. The van der Waals surface area contributed by atoms with Gasteiger partial charge in [-0.25, -0.2) is 0 Å². The Morgan fingerprint density at radius 2 is 2.03 bits per heavy atom. The molecule has 5 nitrogen and oxygen atoms in total. The minimum absolute atomic E-state index is 0.122. The number of hydrogen-bond acceptors (Lipinski definition) is 6. The van der Waals surface area contributed by atoms with E-state index in [9.17, 15) is 4.79 Å². The largest absolute Gasteiger partial charge is 0.381 e. The van der Waals surface area contributed by atoms with Crippen molar-refractivity contribution in [3.05, 3.63) is 57.5 Å². The second-order valence-electron chi connectivity index (χ2n) is 8.52. The lowest BCUT2D eigenvalue weighted by Gasteiger charge is -2.22. The van der Waals surface area contributed by atoms with Crippen LogP contribution >= 0.6 is 11.3 Å². The summed E-state index contributed by atoms with van der Waals surface area (Å²) in [7, 11) is 0. The van der Waals surface area contributed by atoms with Crippen molar-refractivity contribution in [1.29, 1.82) is 0 Å². The number of nitrogens with zero attached hydrogens (tertiary/aromatic N) is 2. The van der Waals surface area contributed by atoms with Crippen LogP contribution in [-0.2, 0) is 11.2 Å². The van der Waals surface area contributed by atoms with Crippen LogP contribution in [0.1, 0.15) is 51.1 Å². The van der Waals surface area contributed by atoms with Gasteiger partial charge in [0.05, 0.1) is 6.42 Å². The monoisotopic (exact) mass is 421 g/mol. The maximum atomic E-state index is 13.2. The van der Waals surface area contributed by atoms with Crippen LogP contribution in [0, 0.1) is 12.8 Å². The zero-order chi connectivity index (χ0) is 20.5. The van der Waals surface area contributed by atoms with Crippen LogP contribution in [0.3, 0.4) is 0 Å². The molecule has 1 saturated carbocycles. The number of benzene rings is 2. The van der Waals surface area contributed by atoms with Crippen LogP contribution in [0.5, 0.6) is 0 Å². The van der Waals surface area contributed by atoms with Gasteiger partial charge in [0.2, 0.25) is 0 Å². The zero-order valence-electron chi connectivity index (χ0n) is 17.3. The predicted molar refractivity (Wildman–Crippen MR) is 119 cm³/mol. The number of nitrogens with one attached hydrogen (secondary N) is 1. The second-order valence-corrected chi connectivity index (χ2v) is 9.78. The average molecular weight is 422 g/mol. The lowest BCUT2D eigenvalue weighted by atomic mass is 9.95. The Balaban J connectivity index is 1.34. The van der Waals surface area contributed by atoms with E-state index in [4.69, 9.17) is 4.74 Å². The maximum Gasteiger partial charge on any atom is 0.170 e. The number of aromatic nitrogens is 2. The van der Waals surface area contributed by atoms with Gasteiger partial charge in [0.1, 0.15) is 10.0 Å². The van der Waals surface area contributed by atoms with Crippen LogP contribution in [0.2, 0.25) is 0 Å². The van der Waals surface area contributed by atoms with E-state index in [1.807, 2.05) is 25.1 Å². The van der Waals surface area contributed by atoms with Crippen molar-refractivity contribution in [3.63, 3.8) is 0 Å². The molecule has 30 heavy (non-hydrogen) atoms. The molecule has 2 heterocycles. The smallest absolute Gasteiger partial charge is 0.170 e. The second kappa shape index (κ2) is 8.53. The van der Waals surface area contributed by atoms with E-state index in [0.29, 0.717) is 18.4 Å². The molecule has 1 aromatic heterocycles. The molecule has 2 unspecified atom stereocenters. The molecule has 6 heteroatoms. The molecule has 5 rings (SSSR count). The Labute approximate surface area is 180 Å². The first kappa shape index (κ1) is 19.8. The van der Waals surface area contributed by atoms with Gasteiger partial charge in [-0.15, -0.1) is 21.5 Å². The molecule has 156 valence electrons. The molecular weight excluding hydrogens is 394 g/mol. The van der Waals surface area contributed by atoms with E-state index in [0.717, 1.165) is 71.3 Å². The number of ether oxygens (including phenoxy) is 1. The SMILES string of the molecule is Cc1nnc(CC(=O)c2cc(C3CC3NCC3CCOCC3)cc3ccccc23)s1. The normalized spacial score (nSPS) is 21.8. The maximum absolute atomic E-state index is 13.2. The molecule has 0 radical (unpaired) electrons. The highest BCUT2D eigenvalue weighted by Gasteiger charge is 2.38. The summed E-state index contributed by atoms with van der Waals surface area (Å²) in [6, 6.07) is 13.1.